The van der Waals surface area contributed by atoms with Crippen molar-refractivity contribution in [1.82, 2.24) is 20.1 Å². The molecule has 0 spiro atoms. The van der Waals surface area contributed by atoms with Gasteiger partial charge >= 0.3 is 6.18 Å². The Labute approximate surface area is 197 Å². The second kappa shape index (κ2) is 9.17. The molecule has 3 aromatic heterocycles. The van der Waals surface area contributed by atoms with Gasteiger partial charge in [0.1, 0.15) is 29.4 Å². The monoisotopic (exact) mass is 535 g/mol. The minimum atomic E-state index is -4.69. The molecule has 0 aliphatic rings. The molecule has 0 aliphatic heterocycles. The number of nitrogens with zero attached hydrogens (tertiary/aromatic N) is 4. The van der Waals surface area contributed by atoms with Crippen LogP contribution < -0.4 is 5.73 Å². The lowest BCUT2D eigenvalue weighted by molar-refractivity contribution is -0.144. The van der Waals surface area contributed by atoms with Gasteiger partial charge in [-0.1, -0.05) is 17.3 Å². The molecule has 34 heavy (non-hydrogen) atoms. The number of amidine groups is 1. The fraction of sp³-hybridized carbons (Fsp3) is 0.0952. The van der Waals surface area contributed by atoms with E-state index in [0.717, 1.165) is 18.7 Å². The smallest absolute Gasteiger partial charge is 0.382 e. The normalized spacial score (nSPS) is 12.2. The van der Waals surface area contributed by atoms with Crippen molar-refractivity contribution in [2.24, 2.45) is 10.7 Å². The molecule has 0 radical (unpaired) electrons. The molecule has 0 unspecified atom stereocenters. The summed E-state index contributed by atoms with van der Waals surface area (Å²) in [5.74, 6) is -1.44. The van der Waals surface area contributed by atoms with Crippen molar-refractivity contribution in [1.29, 1.82) is 5.41 Å². The Kier molecular flexibility index (Phi) is 6.28. The number of halogens is 5. The number of hydrogen-bond donors (Lipinski definition) is 3. The molecule has 0 bridgehead atoms. The zero-order chi connectivity index (χ0) is 24.5. The summed E-state index contributed by atoms with van der Waals surface area (Å²) in [5.41, 5.74) is 7.87. The first-order valence-electron chi connectivity index (χ1n) is 9.52. The fourth-order valence-corrected chi connectivity index (χ4v) is 3.88. The second-order valence-electron chi connectivity index (χ2n) is 6.94. The van der Waals surface area contributed by atoms with Crippen LogP contribution in [-0.4, -0.2) is 32.3 Å². The summed E-state index contributed by atoms with van der Waals surface area (Å²) in [6.07, 6.45) is -1.79. The van der Waals surface area contributed by atoms with Crippen molar-refractivity contribution < 1.29 is 22.1 Å². The molecule has 4 N–H and O–H groups in total. The topological polar surface area (TPSA) is 130 Å². The molecule has 3 heterocycles. The number of benzene rings is 1. The third kappa shape index (κ3) is 4.59. The van der Waals surface area contributed by atoms with Crippen LogP contribution in [0.2, 0.25) is 0 Å². The first-order valence-corrected chi connectivity index (χ1v) is 10.3. The van der Waals surface area contributed by atoms with Crippen molar-refractivity contribution in [2.75, 3.05) is 0 Å². The molecule has 0 aliphatic carbocycles. The lowest BCUT2D eigenvalue weighted by Crippen LogP contribution is -2.15. The first kappa shape index (κ1) is 23.3. The van der Waals surface area contributed by atoms with Crippen molar-refractivity contribution >= 4 is 28.1 Å². The van der Waals surface area contributed by atoms with Crippen molar-refractivity contribution in [3.63, 3.8) is 0 Å². The summed E-state index contributed by atoms with van der Waals surface area (Å²) in [6.45, 7) is 0. The SMILES string of the molecule is N=C/N=C(/N)c1[nH]c(Cc2cc(-c3ccccc3F)no2)c(Br)c1-c1cnc(C(F)(F)F)nc1. The van der Waals surface area contributed by atoms with E-state index in [4.69, 9.17) is 15.7 Å². The molecule has 4 aromatic rings. The Morgan fingerprint density at radius 1 is 1.24 bits per heavy atom. The Hall–Kier alpha value is -3.87. The van der Waals surface area contributed by atoms with E-state index < -0.39 is 17.8 Å². The summed E-state index contributed by atoms with van der Waals surface area (Å²) < 4.78 is 58.4. The van der Waals surface area contributed by atoms with Crippen molar-refractivity contribution in [3.05, 3.63) is 76.0 Å². The van der Waals surface area contributed by atoms with Gasteiger partial charge in [-0.3, -0.25) is 5.41 Å². The van der Waals surface area contributed by atoms with E-state index in [1.165, 1.54) is 6.07 Å². The largest absolute Gasteiger partial charge is 0.451 e. The number of nitrogens with one attached hydrogen (secondary N) is 2. The van der Waals surface area contributed by atoms with Crippen LogP contribution in [0.25, 0.3) is 22.4 Å². The number of aromatic amines is 1. The molecular weight excluding hydrogens is 522 g/mol. The lowest BCUT2D eigenvalue weighted by atomic mass is 10.1. The summed E-state index contributed by atoms with van der Waals surface area (Å²) in [6, 6.07) is 7.67. The third-order valence-electron chi connectivity index (χ3n) is 4.72. The van der Waals surface area contributed by atoms with Crippen molar-refractivity contribution in [3.8, 4) is 22.4 Å². The molecule has 4 rings (SSSR count). The highest BCUT2D eigenvalue weighted by atomic mass is 79.9. The number of aromatic nitrogens is 4. The number of rotatable bonds is 6. The van der Waals surface area contributed by atoms with Gasteiger partial charge in [-0.2, -0.15) is 13.2 Å². The average Bonchev–Trinajstić information content (AvgIpc) is 3.39. The summed E-state index contributed by atoms with van der Waals surface area (Å²) in [4.78, 5) is 13.6. The van der Waals surface area contributed by atoms with Crippen LogP contribution in [0.3, 0.4) is 0 Å². The van der Waals surface area contributed by atoms with Gasteiger partial charge in [0.15, 0.2) is 0 Å². The maximum atomic E-state index is 14.1. The van der Waals surface area contributed by atoms with Gasteiger partial charge in [0, 0.05) is 51.7 Å². The second-order valence-corrected chi connectivity index (χ2v) is 7.73. The van der Waals surface area contributed by atoms with E-state index in [-0.39, 0.29) is 29.1 Å². The quantitative estimate of drug-likeness (QED) is 0.183. The Bertz CT molecular complexity index is 1380. The predicted molar refractivity (Wildman–Crippen MR) is 119 cm³/mol. The van der Waals surface area contributed by atoms with Crippen LogP contribution in [0.15, 0.2) is 56.7 Å². The Morgan fingerprint density at radius 3 is 2.59 bits per heavy atom. The van der Waals surface area contributed by atoms with E-state index in [2.05, 4.69) is 41.0 Å². The average molecular weight is 536 g/mol. The van der Waals surface area contributed by atoms with Gasteiger partial charge in [0.2, 0.25) is 5.82 Å². The minimum Gasteiger partial charge on any atom is -0.382 e. The molecule has 0 atom stereocenters. The van der Waals surface area contributed by atoms with E-state index in [9.17, 15) is 17.6 Å². The summed E-state index contributed by atoms with van der Waals surface area (Å²) in [7, 11) is 0. The molecule has 174 valence electrons. The van der Waals surface area contributed by atoms with E-state index in [1.807, 2.05) is 0 Å². The predicted octanol–water partition coefficient (Wildman–Crippen LogP) is 4.95. The van der Waals surface area contributed by atoms with E-state index >= 15 is 0 Å². The molecule has 0 saturated carbocycles. The molecule has 0 fully saturated rings. The van der Waals surface area contributed by atoms with Gasteiger partial charge < -0.3 is 15.2 Å². The highest BCUT2D eigenvalue weighted by Gasteiger charge is 2.34. The van der Waals surface area contributed by atoms with Gasteiger partial charge in [0.25, 0.3) is 0 Å². The number of H-pyrrole nitrogens is 1. The van der Waals surface area contributed by atoms with Crippen LogP contribution in [-0.2, 0) is 12.6 Å². The Balaban J connectivity index is 1.73. The molecular formula is C21H14BrF4N7O. The van der Waals surface area contributed by atoms with Crippen LogP contribution in [0.1, 0.15) is 23.0 Å². The molecule has 0 saturated heterocycles. The third-order valence-corrected chi connectivity index (χ3v) is 5.60. The summed E-state index contributed by atoms with van der Waals surface area (Å²) in [5, 5.41) is 11.1. The zero-order valence-electron chi connectivity index (χ0n) is 17.0. The number of nitrogens with two attached hydrogens (primary N) is 1. The number of alkyl halides is 3. The van der Waals surface area contributed by atoms with Gasteiger partial charge in [-0.15, -0.1) is 0 Å². The van der Waals surface area contributed by atoms with E-state index in [1.54, 1.807) is 24.3 Å². The number of aliphatic imine (C=N–C) groups is 1. The van der Waals surface area contributed by atoms with Crippen LogP contribution >= 0.6 is 15.9 Å². The van der Waals surface area contributed by atoms with Gasteiger partial charge in [-0.05, 0) is 28.1 Å². The molecule has 8 nitrogen and oxygen atoms in total. The molecule has 13 heteroatoms. The molecule has 0 amide bonds. The number of hydrogen-bond acceptors (Lipinski definition) is 5. The Morgan fingerprint density at radius 2 is 1.94 bits per heavy atom. The lowest BCUT2D eigenvalue weighted by Gasteiger charge is -2.07. The maximum absolute atomic E-state index is 14.1. The highest BCUT2D eigenvalue weighted by molar-refractivity contribution is 9.10. The summed E-state index contributed by atoms with van der Waals surface area (Å²) >= 11 is 3.44. The van der Waals surface area contributed by atoms with Gasteiger partial charge in [0.05, 0.1) is 5.69 Å². The standard InChI is InChI=1S/C21H14BrF4N7O/c22-17-15(6-11-5-14(33-34-11)12-3-1-2-4-13(12)23)32-18(19(28)31-9-27)16(17)10-7-29-20(30-8-10)21(24,25)26/h1-5,7-9,32H,6H2,(H3,27,28,31). The molecule has 1 aromatic carbocycles. The van der Waals surface area contributed by atoms with Crippen LogP contribution in [0, 0.1) is 11.2 Å². The van der Waals surface area contributed by atoms with E-state index in [0.29, 0.717) is 27.2 Å². The fourth-order valence-electron chi connectivity index (χ4n) is 3.22. The van der Waals surface area contributed by atoms with Crippen LogP contribution in [0.5, 0.6) is 0 Å². The zero-order valence-corrected chi connectivity index (χ0v) is 18.6. The first-order chi connectivity index (χ1) is 16.2. The minimum absolute atomic E-state index is 0.0820. The van der Waals surface area contributed by atoms with Crippen LogP contribution in [0.4, 0.5) is 17.6 Å². The highest BCUT2D eigenvalue weighted by Crippen LogP contribution is 2.36. The maximum Gasteiger partial charge on any atom is 0.451 e. The van der Waals surface area contributed by atoms with Gasteiger partial charge in [-0.25, -0.2) is 19.4 Å². The van der Waals surface area contributed by atoms with Crippen molar-refractivity contribution in [2.45, 2.75) is 12.6 Å².